The molecule has 21 heavy (non-hydrogen) atoms. The Balaban J connectivity index is 2.47. The van der Waals surface area contributed by atoms with E-state index in [4.69, 9.17) is 11.6 Å². The van der Waals surface area contributed by atoms with E-state index >= 15 is 0 Å². The maximum absolute atomic E-state index is 11.7. The number of carboxylic acid groups (broad SMARTS) is 1. The van der Waals surface area contributed by atoms with Crippen molar-refractivity contribution in [2.75, 3.05) is 5.32 Å². The fraction of sp³-hybridized carbons (Fsp3) is 0.133. The van der Waals surface area contributed by atoms with E-state index < -0.39 is 11.5 Å². The van der Waals surface area contributed by atoms with Gasteiger partial charge in [-0.1, -0.05) is 17.7 Å². The summed E-state index contributed by atoms with van der Waals surface area (Å²) in [7, 11) is 0. The molecule has 0 aliphatic heterocycles. The molecule has 0 aromatic heterocycles. The smallest absolute Gasteiger partial charge is 0.333 e. The minimum Gasteiger partial charge on any atom is -0.508 e. The van der Waals surface area contributed by atoms with E-state index in [0.29, 0.717) is 10.7 Å². The van der Waals surface area contributed by atoms with E-state index in [1.165, 1.54) is 19.1 Å². The van der Waals surface area contributed by atoms with Gasteiger partial charge in [-0.2, -0.15) is 0 Å². The second kappa shape index (κ2) is 5.54. The van der Waals surface area contributed by atoms with Gasteiger partial charge in [0.05, 0.1) is 0 Å². The van der Waals surface area contributed by atoms with Crippen LogP contribution in [-0.2, 0) is 10.3 Å². The minimum absolute atomic E-state index is 0.215. The zero-order valence-electron chi connectivity index (χ0n) is 11.2. The molecule has 1 unspecified atom stereocenters. The third kappa shape index (κ3) is 3.20. The van der Waals surface area contributed by atoms with Gasteiger partial charge in [0.1, 0.15) is 11.5 Å². The molecule has 0 saturated heterocycles. The summed E-state index contributed by atoms with van der Waals surface area (Å²) in [5, 5.41) is 32.0. The summed E-state index contributed by atoms with van der Waals surface area (Å²) in [6, 6.07) is 10.3. The highest BCUT2D eigenvalue weighted by Gasteiger charge is 2.36. The predicted octanol–water partition coefficient (Wildman–Crippen LogP) is 3.16. The Morgan fingerprint density at radius 1 is 1.14 bits per heavy atom. The average molecular weight is 308 g/mol. The monoisotopic (exact) mass is 307 g/mol. The van der Waals surface area contributed by atoms with E-state index in [9.17, 15) is 20.1 Å². The van der Waals surface area contributed by atoms with Gasteiger partial charge < -0.3 is 20.6 Å². The summed E-state index contributed by atoms with van der Waals surface area (Å²) in [5.41, 5.74) is -0.816. The van der Waals surface area contributed by atoms with Gasteiger partial charge >= 0.3 is 5.97 Å². The minimum atomic E-state index is -1.54. The van der Waals surface area contributed by atoms with Gasteiger partial charge in [-0.15, -0.1) is 0 Å². The van der Waals surface area contributed by atoms with E-state index in [0.717, 1.165) is 6.07 Å². The lowest BCUT2D eigenvalue weighted by Crippen LogP contribution is -2.40. The largest absolute Gasteiger partial charge is 0.508 e. The number of phenols is 2. The van der Waals surface area contributed by atoms with Crippen LogP contribution in [0.2, 0.25) is 5.02 Å². The maximum Gasteiger partial charge on any atom is 0.333 e. The lowest BCUT2D eigenvalue weighted by Gasteiger charge is -2.28. The second-order valence-electron chi connectivity index (χ2n) is 4.80. The van der Waals surface area contributed by atoms with Gasteiger partial charge in [-0.3, -0.25) is 0 Å². The van der Waals surface area contributed by atoms with Crippen molar-refractivity contribution in [3.8, 4) is 11.5 Å². The molecule has 0 spiro atoms. The molecule has 2 aromatic rings. The van der Waals surface area contributed by atoms with Crippen LogP contribution in [0.5, 0.6) is 11.5 Å². The van der Waals surface area contributed by atoms with Crippen LogP contribution in [0.1, 0.15) is 12.5 Å². The van der Waals surface area contributed by atoms with Crippen LogP contribution in [0.3, 0.4) is 0 Å². The molecule has 2 rings (SSSR count). The number of phenolic OH excluding ortho intramolecular Hbond substituents is 2. The van der Waals surface area contributed by atoms with Gasteiger partial charge in [0, 0.05) is 16.8 Å². The number of carboxylic acids is 1. The topological polar surface area (TPSA) is 89.8 Å². The number of benzene rings is 2. The van der Waals surface area contributed by atoms with E-state index in [2.05, 4.69) is 5.32 Å². The van der Waals surface area contributed by atoms with Crippen molar-refractivity contribution in [2.24, 2.45) is 0 Å². The van der Waals surface area contributed by atoms with Crippen LogP contribution in [-0.4, -0.2) is 21.3 Å². The molecule has 5 nitrogen and oxygen atoms in total. The highest BCUT2D eigenvalue weighted by Crippen LogP contribution is 2.32. The number of rotatable bonds is 4. The summed E-state index contributed by atoms with van der Waals surface area (Å²) in [4.78, 5) is 11.7. The molecular formula is C15H14ClNO4. The van der Waals surface area contributed by atoms with Crippen molar-refractivity contribution in [3.05, 3.63) is 53.1 Å². The first-order valence-electron chi connectivity index (χ1n) is 6.12. The van der Waals surface area contributed by atoms with Gasteiger partial charge in [0.2, 0.25) is 0 Å². The van der Waals surface area contributed by atoms with Crippen molar-refractivity contribution in [1.82, 2.24) is 0 Å². The molecule has 0 saturated carbocycles. The summed E-state index contributed by atoms with van der Waals surface area (Å²) < 4.78 is 0. The van der Waals surface area contributed by atoms with Crippen LogP contribution in [0.4, 0.5) is 5.69 Å². The van der Waals surface area contributed by atoms with E-state index in [1.807, 2.05) is 0 Å². The Morgan fingerprint density at radius 3 is 2.29 bits per heavy atom. The standard InChI is InChI=1S/C15H14ClNO4/c1-15(14(20)21,9-5-12(18)8-13(19)6-9)17-11-4-2-3-10(16)7-11/h2-8,17-19H,1H3,(H,20,21). The van der Waals surface area contributed by atoms with Crippen molar-refractivity contribution in [3.63, 3.8) is 0 Å². The first-order valence-corrected chi connectivity index (χ1v) is 6.50. The Bertz CT molecular complexity index is 669. The number of nitrogens with one attached hydrogen (secondary N) is 1. The molecule has 0 radical (unpaired) electrons. The molecule has 0 aliphatic rings. The van der Waals surface area contributed by atoms with Crippen molar-refractivity contribution < 1.29 is 20.1 Å². The number of halogens is 1. The molecule has 1 atom stereocenters. The van der Waals surface area contributed by atoms with Crippen LogP contribution in [0.25, 0.3) is 0 Å². The van der Waals surface area contributed by atoms with Gasteiger partial charge in [-0.05, 0) is 42.8 Å². The average Bonchev–Trinajstić information content (AvgIpc) is 2.37. The Kier molecular flexibility index (Phi) is 3.95. The van der Waals surface area contributed by atoms with Gasteiger partial charge in [-0.25, -0.2) is 4.79 Å². The third-order valence-corrected chi connectivity index (χ3v) is 3.36. The fourth-order valence-electron chi connectivity index (χ4n) is 1.99. The fourth-order valence-corrected chi connectivity index (χ4v) is 2.18. The molecule has 2 aromatic carbocycles. The second-order valence-corrected chi connectivity index (χ2v) is 5.24. The molecule has 6 heteroatoms. The molecule has 0 amide bonds. The van der Waals surface area contributed by atoms with E-state index in [1.54, 1.807) is 24.3 Å². The number of hydrogen-bond donors (Lipinski definition) is 4. The van der Waals surface area contributed by atoms with Gasteiger partial charge in [0.25, 0.3) is 0 Å². The highest BCUT2D eigenvalue weighted by molar-refractivity contribution is 6.30. The molecule has 0 aliphatic carbocycles. The first kappa shape index (κ1) is 15.0. The van der Waals surface area contributed by atoms with E-state index in [-0.39, 0.29) is 17.1 Å². The lowest BCUT2D eigenvalue weighted by molar-refractivity contribution is -0.142. The normalized spacial score (nSPS) is 13.4. The molecule has 0 heterocycles. The van der Waals surface area contributed by atoms with Crippen molar-refractivity contribution in [1.29, 1.82) is 0 Å². The van der Waals surface area contributed by atoms with Crippen LogP contribution >= 0.6 is 11.6 Å². The quantitative estimate of drug-likeness (QED) is 0.696. The molecule has 0 bridgehead atoms. The Hall–Kier alpha value is -2.40. The Labute approximate surface area is 126 Å². The molecule has 110 valence electrons. The number of carbonyl (C=O) groups is 1. The van der Waals surface area contributed by atoms with Crippen molar-refractivity contribution in [2.45, 2.75) is 12.5 Å². The zero-order chi connectivity index (χ0) is 15.6. The van der Waals surface area contributed by atoms with Crippen LogP contribution in [0, 0.1) is 0 Å². The SMILES string of the molecule is CC(Nc1cccc(Cl)c1)(C(=O)O)c1cc(O)cc(O)c1. The molecule has 0 fully saturated rings. The number of anilines is 1. The summed E-state index contributed by atoms with van der Waals surface area (Å²) in [5.74, 6) is -1.59. The lowest BCUT2D eigenvalue weighted by atomic mass is 9.91. The van der Waals surface area contributed by atoms with Crippen LogP contribution in [0.15, 0.2) is 42.5 Å². The first-order chi connectivity index (χ1) is 9.81. The summed E-state index contributed by atoms with van der Waals surface area (Å²) in [6.07, 6.45) is 0. The number of aromatic hydroxyl groups is 2. The maximum atomic E-state index is 11.7. The molecular weight excluding hydrogens is 294 g/mol. The van der Waals surface area contributed by atoms with Gasteiger partial charge in [0.15, 0.2) is 5.54 Å². The molecule has 4 N–H and O–H groups in total. The summed E-state index contributed by atoms with van der Waals surface area (Å²) in [6.45, 7) is 1.43. The predicted molar refractivity (Wildman–Crippen MR) is 79.8 cm³/mol. The highest BCUT2D eigenvalue weighted by atomic mass is 35.5. The zero-order valence-corrected chi connectivity index (χ0v) is 11.9. The number of aliphatic carboxylic acids is 1. The van der Waals surface area contributed by atoms with Crippen LogP contribution < -0.4 is 5.32 Å². The number of hydrogen-bond acceptors (Lipinski definition) is 4. The summed E-state index contributed by atoms with van der Waals surface area (Å²) >= 11 is 5.88. The van der Waals surface area contributed by atoms with Crippen molar-refractivity contribution >= 4 is 23.3 Å². The third-order valence-electron chi connectivity index (χ3n) is 3.13. The Morgan fingerprint density at radius 2 is 1.76 bits per heavy atom.